The molecule has 0 fully saturated rings. The number of hydrogen-bond acceptors (Lipinski definition) is 5. The first kappa shape index (κ1) is 12.5. The summed E-state index contributed by atoms with van der Waals surface area (Å²) in [5.41, 5.74) is 0. The van der Waals surface area contributed by atoms with E-state index < -0.39 is 5.97 Å². The highest BCUT2D eigenvalue weighted by Gasteiger charge is 2.11. The van der Waals surface area contributed by atoms with Crippen LogP contribution in [0.15, 0.2) is 18.5 Å². The van der Waals surface area contributed by atoms with Gasteiger partial charge in [0.25, 0.3) is 0 Å². The van der Waals surface area contributed by atoms with Gasteiger partial charge in [-0.15, -0.1) is 0 Å². The number of nitrogens with zero attached hydrogens (tertiary/aromatic N) is 3. The van der Waals surface area contributed by atoms with E-state index in [1.807, 2.05) is 0 Å². The molecular weight excluding hydrogens is 210 g/mol. The molecule has 0 aliphatic carbocycles. The number of methoxy groups -OCH3 is 1. The lowest BCUT2D eigenvalue weighted by molar-refractivity contribution is -0.138. The minimum absolute atomic E-state index is 0.0401. The molecule has 0 amide bonds. The Balaban J connectivity index is 2.52. The zero-order valence-corrected chi connectivity index (χ0v) is 9.17. The van der Waals surface area contributed by atoms with E-state index in [0.717, 1.165) is 0 Å². The van der Waals surface area contributed by atoms with Crippen LogP contribution in [-0.4, -0.2) is 52.7 Å². The number of ether oxygens (including phenoxy) is 1. The minimum atomic E-state index is -0.868. The van der Waals surface area contributed by atoms with Gasteiger partial charge in [0.1, 0.15) is 5.82 Å². The topological polar surface area (TPSA) is 75.5 Å². The largest absolute Gasteiger partial charge is 0.480 e. The van der Waals surface area contributed by atoms with Gasteiger partial charge in [-0.1, -0.05) is 0 Å². The molecule has 1 rings (SSSR count). The number of rotatable bonds is 7. The molecule has 0 aliphatic heterocycles. The summed E-state index contributed by atoms with van der Waals surface area (Å²) in [6.45, 7) is 1.40. The average molecular weight is 225 g/mol. The van der Waals surface area contributed by atoms with Crippen molar-refractivity contribution in [2.45, 2.75) is 6.54 Å². The van der Waals surface area contributed by atoms with E-state index >= 15 is 0 Å². The summed E-state index contributed by atoms with van der Waals surface area (Å²) in [6, 6.07) is 1.72. The summed E-state index contributed by atoms with van der Waals surface area (Å²) in [5.74, 6) is -0.258. The van der Waals surface area contributed by atoms with Crippen molar-refractivity contribution in [3.05, 3.63) is 24.3 Å². The van der Waals surface area contributed by atoms with E-state index in [-0.39, 0.29) is 6.54 Å². The fourth-order valence-electron chi connectivity index (χ4n) is 1.24. The third-order valence-corrected chi connectivity index (χ3v) is 1.95. The molecule has 16 heavy (non-hydrogen) atoms. The first-order valence-electron chi connectivity index (χ1n) is 4.91. The van der Waals surface area contributed by atoms with Gasteiger partial charge >= 0.3 is 5.97 Å². The van der Waals surface area contributed by atoms with E-state index in [4.69, 9.17) is 9.84 Å². The summed E-state index contributed by atoms with van der Waals surface area (Å²) < 4.78 is 4.92. The van der Waals surface area contributed by atoms with Gasteiger partial charge in [-0.25, -0.2) is 9.97 Å². The van der Waals surface area contributed by atoms with Gasteiger partial charge in [0.15, 0.2) is 0 Å². The Morgan fingerprint density at radius 1 is 1.50 bits per heavy atom. The molecule has 0 radical (unpaired) electrons. The molecule has 0 saturated carbocycles. The first-order valence-corrected chi connectivity index (χ1v) is 4.91. The van der Waals surface area contributed by atoms with Crippen LogP contribution in [0.2, 0.25) is 0 Å². The van der Waals surface area contributed by atoms with Crippen molar-refractivity contribution < 1.29 is 14.6 Å². The molecule has 0 atom stereocenters. The minimum Gasteiger partial charge on any atom is -0.480 e. The van der Waals surface area contributed by atoms with Crippen molar-refractivity contribution in [3.63, 3.8) is 0 Å². The molecule has 88 valence electrons. The Kier molecular flexibility index (Phi) is 5.38. The van der Waals surface area contributed by atoms with Crippen LogP contribution in [0.3, 0.4) is 0 Å². The molecule has 0 aromatic carbocycles. The zero-order chi connectivity index (χ0) is 11.8. The molecule has 0 aliphatic rings. The van der Waals surface area contributed by atoms with E-state index in [9.17, 15) is 4.79 Å². The molecule has 1 aromatic rings. The number of aromatic nitrogens is 2. The predicted octanol–water partition coefficient (Wildman–Crippen LogP) is 0.00960. The summed E-state index contributed by atoms with van der Waals surface area (Å²) >= 11 is 0. The van der Waals surface area contributed by atoms with Gasteiger partial charge in [-0.2, -0.15) is 0 Å². The Labute approximate surface area is 93.9 Å². The molecule has 0 bridgehead atoms. The number of carbonyl (C=O) groups is 1. The predicted molar refractivity (Wildman–Crippen MR) is 56.8 cm³/mol. The van der Waals surface area contributed by atoms with Gasteiger partial charge in [0.05, 0.1) is 19.7 Å². The Morgan fingerprint density at radius 3 is 2.75 bits per heavy atom. The van der Waals surface area contributed by atoms with Crippen LogP contribution in [0, 0.1) is 0 Å². The lowest BCUT2D eigenvalue weighted by atomic mass is 10.4. The normalized spacial score (nSPS) is 10.6. The van der Waals surface area contributed by atoms with Gasteiger partial charge < -0.3 is 9.84 Å². The van der Waals surface area contributed by atoms with Crippen LogP contribution >= 0.6 is 0 Å². The van der Waals surface area contributed by atoms with Crippen molar-refractivity contribution in [1.82, 2.24) is 14.9 Å². The van der Waals surface area contributed by atoms with Crippen LogP contribution in [0.5, 0.6) is 0 Å². The Hall–Kier alpha value is -1.53. The maximum Gasteiger partial charge on any atom is 0.317 e. The van der Waals surface area contributed by atoms with Crippen LogP contribution < -0.4 is 0 Å². The highest BCUT2D eigenvalue weighted by molar-refractivity contribution is 5.69. The lowest BCUT2D eigenvalue weighted by Gasteiger charge is -2.18. The molecule has 1 aromatic heterocycles. The lowest BCUT2D eigenvalue weighted by Crippen LogP contribution is -2.32. The standard InChI is InChI=1S/C10H15N3O3/c1-16-6-5-13(8-10(14)15)7-9-11-3-2-4-12-9/h2-4H,5-8H2,1H3,(H,14,15). The molecule has 1 N–H and O–H groups in total. The maximum absolute atomic E-state index is 10.6. The van der Waals surface area contributed by atoms with Crippen LogP contribution in [0.25, 0.3) is 0 Å². The van der Waals surface area contributed by atoms with Gasteiger partial charge in [0, 0.05) is 26.0 Å². The second-order valence-electron chi connectivity index (χ2n) is 3.26. The number of aliphatic carboxylic acids is 1. The highest BCUT2D eigenvalue weighted by Crippen LogP contribution is 1.97. The summed E-state index contributed by atoms with van der Waals surface area (Å²) in [5, 5.41) is 8.74. The highest BCUT2D eigenvalue weighted by atomic mass is 16.5. The fraction of sp³-hybridized carbons (Fsp3) is 0.500. The second kappa shape index (κ2) is 6.86. The number of carboxylic acids is 1. The van der Waals surface area contributed by atoms with Gasteiger partial charge in [-0.05, 0) is 6.07 Å². The second-order valence-corrected chi connectivity index (χ2v) is 3.26. The van der Waals surface area contributed by atoms with Gasteiger partial charge in [-0.3, -0.25) is 9.69 Å². The molecule has 6 nitrogen and oxygen atoms in total. The van der Waals surface area contributed by atoms with E-state index in [2.05, 4.69) is 9.97 Å². The van der Waals surface area contributed by atoms with E-state index in [0.29, 0.717) is 25.5 Å². The van der Waals surface area contributed by atoms with E-state index in [1.54, 1.807) is 30.5 Å². The van der Waals surface area contributed by atoms with E-state index in [1.165, 1.54) is 0 Å². The van der Waals surface area contributed by atoms with Crippen molar-refractivity contribution >= 4 is 5.97 Å². The summed E-state index contributed by atoms with van der Waals surface area (Å²) in [6.07, 6.45) is 3.27. The number of hydrogen-bond donors (Lipinski definition) is 1. The SMILES string of the molecule is COCCN(CC(=O)O)Cc1ncccn1. The third-order valence-electron chi connectivity index (χ3n) is 1.95. The molecule has 6 heteroatoms. The van der Waals surface area contributed by atoms with Crippen LogP contribution in [0.4, 0.5) is 0 Å². The zero-order valence-electron chi connectivity index (χ0n) is 9.17. The molecule has 0 saturated heterocycles. The monoisotopic (exact) mass is 225 g/mol. The van der Waals surface area contributed by atoms with Crippen molar-refractivity contribution in [2.24, 2.45) is 0 Å². The van der Waals surface area contributed by atoms with Crippen LogP contribution in [-0.2, 0) is 16.1 Å². The molecular formula is C10H15N3O3. The number of carboxylic acid groups (broad SMARTS) is 1. The Morgan fingerprint density at radius 2 is 2.19 bits per heavy atom. The van der Waals surface area contributed by atoms with Crippen LogP contribution in [0.1, 0.15) is 5.82 Å². The third kappa shape index (κ3) is 4.81. The van der Waals surface area contributed by atoms with Crippen molar-refractivity contribution in [1.29, 1.82) is 0 Å². The Bertz CT molecular complexity index is 318. The van der Waals surface area contributed by atoms with Gasteiger partial charge in [0.2, 0.25) is 0 Å². The maximum atomic E-state index is 10.6. The smallest absolute Gasteiger partial charge is 0.317 e. The molecule has 0 spiro atoms. The summed E-state index contributed by atoms with van der Waals surface area (Å²) in [4.78, 5) is 20.5. The fourth-order valence-corrected chi connectivity index (χ4v) is 1.24. The quantitative estimate of drug-likeness (QED) is 0.704. The average Bonchev–Trinajstić information content (AvgIpc) is 2.26. The summed E-state index contributed by atoms with van der Waals surface area (Å²) in [7, 11) is 1.58. The van der Waals surface area contributed by atoms with Crippen molar-refractivity contribution in [3.8, 4) is 0 Å². The van der Waals surface area contributed by atoms with Crippen molar-refractivity contribution in [2.75, 3.05) is 26.8 Å². The first-order chi connectivity index (χ1) is 7.72. The molecule has 1 heterocycles. The molecule has 0 unspecified atom stereocenters.